The SMILES string of the molecule is COc1cc(F)c(CC(O)CCl)cc1F. The lowest BCUT2D eigenvalue weighted by molar-refractivity contribution is 0.197. The molecule has 15 heavy (non-hydrogen) atoms. The van der Waals surface area contributed by atoms with E-state index >= 15 is 0 Å². The molecule has 1 aromatic rings. The van der Waals surface area contributed by atoms with Crippen molar-refractivity contribution in [2.75, 3.05) is 13.0 Å². The lowest BCUT2D eigenvalue weighted by Crippen LogP contribution is -2.13. The number of methoxy groups -OCH3 is 1. The second-order valence-corrected chi connectivity index (χ2v) is 3.40. The van der Waals surface area contributed by atoms with Gasteiger partial charge in [-0.1, -0.05) is 0 Å². The maximum absolute atomic E-state index is 13.3. The number of hydrogen-bond donors (Lipinski definition) is 1. The van der Waals surface area contributed by atoms with Gasteiger partial charge >= 0.3 is 0 Å². The molecule has 0 bridgehead atoms. The third kappa shape index (κ3) is 3.04. The quantitative estimate of drug-likeness (QED) is 0.812. The van der Waals surface area contributed by atoms with Crippen molar-refractivity contribution in [2.45, 2.75) is 12.5 Å². The van der Waals surface area contributed by atoms with Gasteiger partial charge in [-0.3, -0.25) is 0 Å². The molecule has 0 heterocycles. The van der Waals surface area contributed by atoms with Crippen LogP contribution in [-0.2, 0) is 6.42 Å². The van der Waals surface area contributed by atoms with Crippen LogP contribution in [0, 0.1) is 11.6 Å². The predicted octanol–water partition coefficient (Wildman–Crippen LogP) is 2.12. The van der Waals surface area contributed by atoms with Crippen molar-refractivity contribution in [3.05, 3.63) is 29.3 Å². The number of hydrogen-bond acceptors (Lipinski definition) is 2. The molecule has 0 aliphatic carbocycles. The average molecular weight is 237 g/mol. The topological polar surface area (TPSA) is 29.5 Å². The number of benzene rings is 1. The van der Waals surface area contributed by atoms with Gasteiger partial charge in [0.05, 0.1) is 13.2 Å². The van der Waals surface area contributed by atoms with E-state index in [0.29, 0.717) is 0 Å². The van der Waals surface area contributed by atoms with E-state index in [2.05, 4.69) is 4.74 Å². The van der Waals surface area contributed by atoms with Gasteiger partial charge in [0.2, 0.25) is 0 Å². The van der Waals surface area contributed by atoms with Crippen LogP contribution in [0.25, 0.3) is 0 Å². The Morgan fingerprint density at radius 1 is 1.40 bits per heavy atom. The van der Waals surface area contributed by atoms with E-state index in [4.69, 9.17) is 11.6 Å². The van der Waals surface area contributed by atoms with E-state index in [1.807, 2.05) is 0 Å². The van der Waals surface area contributed by atoms with Crippen LogP contribution in [0.4, 0.5) is 8.78 Å². The van der Waals surface area contributed by atoms with Gasteiger partial charge in [-0.15, -0.1) is 11.6 Å². The Morgan fingerprint density at radius 2 is 2.07 bits per heavy atom. The Balaban J connectivity index is 2.95. The number of alkyl halides is 1. The van der Waals surface area contributed by atoms with E-state index in [9.17, 15) is 13.9 Å². The normalized spacial score (nSPS) is 12.6. The highest BCUT2D eigenvalue weighted by molar-refractivity contribution is 6.18. The van der Waals surface area contributed by atoms with Crippen LogP contribution in [0.15, 0.2) is 12.1 Å². The smallest absolute Gasteiger partial charge is 0.165 e. The molecule has 0 aliphatic heterocycles. The van der Waals surface area contributed by atoms with Crippen molar-refractivity contribution in [2.24, 2.45) is 0 Å². The molecule has 2 nitrogen and oxygen atoms in total. The molecular formula is C10H11ClF2O2. The molecule has 0 aromatic heterocycles. The van der Waals surface area contributed by atoms with Crippen LogP contribution in [0.2, 0.25) is 0 Å². The van der Waals surface area contributed by atoms with E-state index < -0.39 is 17.7 Å². The van der Waals surface area contributed by atoms with Crippen molar-refractivity contribution >= 4 is 11.6 Å². The molecule has 84 valence electrons. The predicted molar refractivity (Wildman–Crippen MR) is 53.3 cm³/mol. The number of aliphatic hydroxyl groups is 1. The highest BCUT2D eigenvalue weighted by Crippen LogP contribution is 2.22. The summed E-state index contributed by atoms with van der Waals surface area (Å²) in [6.07, 6.45) is -0.898. The highest BCUT2D eigenvalue weighted by atomic mass is 35.5. The van der Waals surface area contributed by atoms with Crippen molar-refractivity contribution in [1.29, 1.82) is 0 Å². The fraction of sp³-hybridized carbons (Fsp3) is 0.400. The van der Waals surface area contributed by atoms with Gasteiger partial charge in [-0.2, -0.15) is 0 Å². The first kappa shape index (κ1) is 12.2. The zero-order valence-electron chi connectivity index (χ0n) is 8.14. The zero-order valence-corrected chi connectivity index (χ0v) is 8.89. The summed E-state index contributed by atoms with van der Waals surface area (Å²) in [7, 11) is 1.26. The highest BCUT2D eigenvalue weighted by Gasteiger charge is 2.13. The number of halogens is 3. The summed E-state index contributed by atoms with van der Waals surface area (Å²) < 4.78 is 31.1. The Bertz CT molecular complexity index is 344. The van der Waals surface area contributed by atoms with Crippen LogP contribution in [0.1, 0.15) is 5.56 Å². The maximum atomic E-state index is 13.3. The molecule has 0 aliphatic rings. The maximum Gasteiger partial charge on any atom is 0.165 e. The second-order valence-electron chi connectivity index (χ2n) is 3.09. The molecule has 0 fully saturated rings. The molecule has 1 unspecified atom stereocenters. The molecule has 0 saturated carbocycles. The summed E-state index contributed by atoms with van der Waals surface area (Å²) >= 11 is 5.36. The van der Waals surface area contributed by atoms with E-state index in [1.54, 1.807) is 0 Å². The first-order valence-corrected chi connectivity index (χ1v) is 4.88. The van der Waals surface area contributed by atoms with Crippen LogP contribution in [-0.4, -0.2) is 24.2 Å². The molecule has 0 radical (unpaired) electrons. The molecule has 0 amide bonds. The van der Waals surface area contributed by atoms with Gasteiger partial charge in [-0.05, 0) is 11.6 Å². The molecule has 1 atom stereocenters. The Morgan fingerprint density at radius 3 is 2.60 bits per heavy atom. The third-order valence-electron chi connectivity index (χ3n) is 1.95. The second kappa shape index (κ2) is 5.28. The van der Waals surface area contributed by atoms with Crippen LogP contribution < -0.4 is 4.74 Å². The fourth-order valence-corrected chi connectivity index (χ4v) is 1.30. The lowest BCUT2D eigenvalue weighted by atomic mass is 10.1. The van der Waals surface area contributed by atoms with Gasteiger partial charge < -0.3 is 9.84 Å². The average Bonchev–Trinajstić information content (AvgIpc) is 2.22. The molecule has 1 N–H and O–H groups in total. The zero-order chi connectivity index (χ0) is 11.4. The van der Waals surface area contributed by atoms with Gasteiger partial charge in [-0.25, -0.2) is 8.78 Å². The van der Waals surface area contributed by atoms with Crippen molar-refractivity contribution < 1.29 is 18.6 Å². The Labute approximate surface area is 91.4 Å². The largest absolute Gasteiger partial charge is 0.494 e. The third-order valence-corrected chi connectivity index (χ3v) is 2.31. The first-order chi connectivity index (χ1) is 7.08. The fourth-order valence-electron chi connectivity index (χ4n) is 1.19. The first-order valence-electron chi connectivity index (χ1n) is 4.34. The number of ether oxygens (including phenoxy) is 1. The Kier molecular flexibility index (Phi) is 4.29. The van der Waals surface area contributed by atoms with Crippen LogP contribution in [0.5, 0.6) is 5.75 Å². The van der Waals surface area contributed by atoms with Crippen molar-refractivity contribution in [3.63, 3.8) is 0 Å². The van der Waals surface area contributed by atoms with Gasteiger partial charge in [0.1, 0.15) is 5.82 Å². The van der Waals surface area contributed by atoms with Gasteiger partial charge in [0.15, 0.2) is 11.6 Å². The lowest BCUT2D eigenvalue weighted by Gasteiger charge is -2.09. The van der Waals surface area contributed by atoms with Gasteiger partial charge in [0.25, 0.3) is 0 Å². The van der Waals surface area contributed by atoms with E-state index in [-0.39, 0.29) is 23.6 Å². The monoisotopic (exact) mass is 236 g/mol. The summed E-state index contributed by atoms with van der Waals surface area (Å²) in [6, 6.07) is 1.95. The summed E-state index contributed by atoms with van der Waals surface area (Å²) in [5.41, 5.74) is 0.0847. The Hall–Kier alpha value is -0.870. The molecule has 0 spiro atoms. The van der Waals surface area contributed by atoms with Crippen LogP contribution in [0.3, 0.4) is 0 Å². The molecule has 5 heteroatoms. The molecule has 1 rings (SSSR count). The summed E-state index contributed by atoms with van der Waals surface area (Å²) in [4.78, 5) is 0. The van der Waals surface area contributed by atoms with Gasteiger partial charge in [0, 0.05) is 18.4 Å². The summed E-state index contributed by atoms with van der Waals surface area (Å²) in [5, 5.41) is 9.20. The van der Waals surface area contributed by atoms with Crippen molar-refractivity contribution in [3.8, 4) is 5.75 Å². The molecule has 1 aromatic carbocycles. The number of aliphatic hydroxyl groups excluding tert-OH is 1. The minimum atomic E-state index is -0.881. The van der Waals surface area contributed by atoms with Crippen molar-refractivity contribution in [1.82, 2.24) is 0 Å². The molecule has 0 saturated heterocycles. The standard InChI is InChI=1S/C10H11ClF2O2/c1-15-10-4-8(12)6(3-9(10)13)2-7(14)5-11/h3-4,7,14H,2,5H2,1H3. The summed E-state index contributed by atoms with van der Waals surface area (Å²) in [5.74, 6) is -1.45. The minimum absolute atomic E-state index is 0.0176. The van der Waals surface area contributed by atoms with Crippen LogP contribution >= 0.6 is 11.6 Å². The van der Waals surface area contributed by atoms with E-state index in [1.165, 1.54) is 7.11 Å². The minimum Gasteiger partial charge on any atom is -0.494 e. The number of rotatable bonds is 4. The van der Waals surface area contributed by atoms with E-state index in [0.717, 1.165) is 12.1 Å². The summed E-state index contributed by atoms with van der Waals surface area (Å²) in [6.45, 7) is 0. The molecular weight excluding hydrogens is 226 g/mol.